The van der Waals surface area contributed by atoms with Gasteiger partial charge in [0.1, 0.15) is 0 Å². The predicted octanol–water partition coefficient (Wildman–Crippen LogP) is 2.76. The molecule has 90 valence electrons. The van der Waals surface area contributed by atoms with E-state index in [-0.39, 0.29) is 0 Å². The first-order valence-electron chi connectivity index (χ1n) is 4.67. The molecule has 0 aliphatic rings. The first-order valence-corrected chi connectivity index (χ1v) is 7.32. The minimum Gasteiger partial charge on any atom is -0.270 e. The summed E-state index contributed by atoms with van der Waals surface area (Å²) in [5.41, 5.74) is 0.452. The van der Waals surface area contributed by atoms with Gasteiger partial charge in [-0.3, -0.25) is 4.72 Å². The molecular weight excluding hydrogens is 316 g/mol. The van der Waals surface area contributed by atoms with Crippen molar-refractivity contribution >= 4 is 43.4 Å². The van der Waals surface area contributed by atoms with Gasteiger partial charge in [0.15, 0.2) is 0 Å². The molecular formula is C9H12BrClN2O2S. The summed E-state index contributed by atoms with van der Waals surface area (Å²) >= 11 is 8.98. The first kappa shape index (κ1) is 13.8. The molecule has 0 fully saturated rings. The van der Waals surface area contributed by atoms with Crippen molar-refractivity contribution in [1.29, 1.82) is 0 Å². The fourth-order valence-corrected chi connectivity index (χ4v) is 2.92. The Morgan fingerprint density at radius 3 is 2.69 bits per heavy atom. The minimum absolute atomic E-state index is 0.403. The number of anilines is 1. The molecule has 0 aliphatic carbocycles. The van der Waals surface area contributed by atoms with Gasteiger partial charge in [0, 0.05) is 16.0 Å². The second kappa shape index (κ2) is 5.86. The highest BCUT2D eigenvalue weighted by molar-refractivity contribution is 9.10. The highest BCUT2D eigenvalue weighted by Gasteiger charge is 2.10. The van der Waals surface area contributed by atoms with Crippen molar-refractivity contribution in [1.82, 2.24) is 4.72 Å². The monoisotopic (exact) mass is 326 g/mol. The summed E-state index contributed by atoms with van der Waals surface area (Å²) < 4.78 is 28.4. The van der Waals surface area contributed by atoms with E-state index in [0.29, 0.717) is 21.7 Å². The van der Waals surface area contributed by atoms with Crippen molar-refractivity contribution < 1.29 is 8.42 Å². The summed E-state index contributed by atoms with van der Waals surface area (Å²) in [6.07, 6.45) is 0.739. The zero-order valence-corrected chi connectivity index (χ0v) is 11.8. The molecule has 1 rings (SSSR count). The first-order chi connectivity index (χ1) is 7.44. The van der Waals surface area contributed by atoms with Crippen LogP contribution in [0.25, 0.3) is 0 Å². The molecule has 0 unspecified atom stereocenters. The Bertz CT molecular complexity index is 465. The molecule has 0 aliphatic heterocycles. The number of halogens is 2. The van der Waals surface area contributed by atoms with E-state index in [2.05, 4.69) is 25.4 Å². The van der Waals surface area contributed by atoms with E-state index in [4.69, 9.17) is 11.6 Å². The fraction of sp³-hybridized carbons (Fsp3) is 0.333. The molecule has 7 heteroatoms. The second-order valence-electron chi connectivity index (χ2n) is 3.12. The van der Waals surface area contributed by atoms with E-state index in [1.165, 1.54) is 0 Å². The second-order valence-corrected chi connectivity index (χ2v) is 5.91. The van der Waals surface area contributed by atoms with Crippen LogP contribution in [0.5, 0.6) is 0 Å². The van der Waals surface area contributed by atoms with Crippen LogP contribution in [0.3, 0.4) is 0 Å². The molecule has 0 radical (unpaired) electrons. The van der Waals surface area contributed by atoms with Gasteiger partial charge in [0.25, 0.3) is 10.2 Å². The smallest absolute Gasteiger partial charge is 0.270 e. The normalized spacial score (nSPS) is 11.4. The molecule has 1 aromatic rings. The van der Waals surface area contributed by atoms with Crippen LogP contribution >= 0.6 is 27.5 Å². The Labute approximate surface area is 109 Å². The molecule has 0 saturated carbocycles. The number of nitrogens with one attached hydrogen (secondary N) is 2. The van der Waals surface area contributed by atoms with Gasteiger partial charge in [0.2, 0.25) is 0 Å². The van der Waals surface area contributed by atoms with Crippen LogP contribution in [-0.2, 0) is 10.2 Å². The van der Waals surface area contributed by atoms with Crippen molar-refractivity contribution in [2.24, 2.45) is 0 Å². The lowest BCUT2D eigenvalue weighted by Gasteiger charge is -2.10. The van der Waals surface area contributed by atoms with Crippen molar-refractivity contribution in [2.45, 2.75) is 13.3 Å². The van der Waals surface area contributed by atoms with Gasteiger partial charge in [0.05, 0.1) is 5.69 Å². The lowest BCUT2D eigenvalue weighted by Crippen LogP contribution is -2.30. The molecule has 0 heterocycles. The molecule has 0 saturated heterocycles. The molecule has 1 aromatic carbocycles. The number of hydrogen-bond acceptors (Lipinski definition) is 2. The Morgan fingerprint density at radius 2 is 2.12 bits per heavy atom. The minimum atomic E-state index is -3.51. The molecule has 0 spiro atoms. The lowest BCUT2D eigenvalue weighted by molar-refractivity contribution is 0.586. The van der Waals surface area contributed by atoms with Gasteiger partial charge in [-0.2, -0.15) is 13.1 Å². The van der Waals surface area contributed by atoms with Gasteiger partial charge in [-0.1, -0.05) is 18.5 Å². The molecule has 0 atom stereocenters. The van der Waals surface area contributed by atoms with E-state index in [0.717, 1.165) is 6.42 Å². The molecule has 4 nitrogen and oxygen atoms in total. The van der Waals surface area contributed by atoms with Gasteiger partial charge in [-0.05, 0) is 40.5 Å². The van der Waals surface area contributed by atoms with Crippen molar-refractivity contribution in [3.05, 3.63) is 27.7 Å². The van der Waals surface area contributed by atoms with Crippen LogP contribution in [0.2, 0.25) is 5.02 Å². The third kappa shape index (κ3) is 4.29. The highest BCUT2D eigenvalue weighted by atomic mass is 79.9. The van der Waals surface area contributed by atoms with Crippen LogP contribution in [0.4, 0.5) is 5.69 Å². The third-order valence-electron chi connectivity index (χ3n) is 1.72. The molecule has 0 aromatic heterocycles. The Balaban J connectivity index is 2.80. The summed E-state index contributed by atoms with van der Waals surface area (Å²) in [6, 6.07) is 4.83. The highest BCUT2D eigenvalue weighted by Crippen LogP contribution is 2.26. The Morgan fingerprint density at radius 1 is 1.44 bits per heavy atom. The summed E-state index contributed by atoms with van der Waals surface area (Å²) in [7, 11) is -3.51. The van der Waals surface area contributed by atoms with Gasteiger partial charge in [-0.25, -0.2) is 0 Å². The average Bonchev–Trinajstić information content (AvgIpc) is 2.19. The lowest BCUT2D eigenvalue weighted by atomic mass is 10.3. The van der Waals surface area contributed by atoms with E-state index >= 15 is 0 Å². The van der Waals surface area contributed by atoms with Crippen LogP contribution in [0.15, 0.2) is 22.7 Å². The van der Waals surface area contributed by atoms with Crippen molar-refractivity contribution in [2.75, 3.05) is 11.3 Å². The maximum Gasteiger partial charge on any atom is 0.299 e. The van der Waals surface area contributed by atoms with E-state index < -0.39 is 10.2 Å². The topological polar surface area (TPSA) is 58.2 Å². The largest absolute Gasteiger partial charge is 0.299 e. The van der Waals surface area contributed by atoms with Crippen molar-refractivity contribution in [3.63, 3.8) is 0 Å². The Kier molecular flexibility index (Phi) is 5.04. The van der Waals surface area contributed by atoms with E-state index in [1.54, 1.807) is 18.2 Å². The maximum atomic E-state index is 11.5. The van der Waals surface area contributed by atoms with Gasteiger partial charge in [-0.15, -0.1) is 0 Å². The number of benzene rings is 1. The molecule has 0 amide bonds. The van der Waals surface area contributed by atoms with Crippen LogP contribution < -0.4 is 9.44 Å². The van der Waals surface area contributed by atoms with Crippen LogP contribution in [-0.4, -0.2) is 15.0 Å². The molecule has 0 bridgehead atoms. The zero-order chi connectivity index (χ0) is 12.2. The number of rotatable bonds is 5. The molecule has 16 heavy (non-hydrogen) atoms. The summed E-state index contributed by atoms with van der Waals surface area (Å²) in [6.45, 7) is 2.29. The van der Waals surface area contributed by atoms with Crippen LogP contribution in [0, 0.1) is 0 Å². The van der Waals surface area contributed by atoms with E-state index in [1.807, 2.05) is 6.92 Å². The fourth-order valence-electron chi connectivity index (χ4n) is 0.990. The predicted molar refractivity (Wildman–Crippen MR) is 70.0 cm³/mol. The van der Waals surface area contributed by atoms with Gasteiger partial charge >= 0.3 is 0 Å². The third-order valence-corrected chi connectivity index (χ3v) is 3.68. The summed E-state index contributed by atoms with van der Waals surface area (Å²) in [5.74, 6) is 0. The SMILES string of the molecule is CCCNS(=O)(=O)Nc1ccc(Cl)cc1Br. The van der Waals surface area contributed by atoms with Gasteiger partial charge < -0.3 is 0 Å². The summed E-state index contributed by atoms with van der Waals surface area (Å²) in [5, 5.41) is 0.538. The van der Waals surface area contributed by atoms with Crippen LogP contribution in [0.1, 0.15) is 13.3 Å². The Hall–Kier alpha value is -0.300. The van der Waals surface area contributed by atoms with Crippen molar-refractivity contribution in [3.8, 4) is 0 Å². The number of hydrogen-bond donors (Lipinski definition) is 2. The summed E-state index contributed by atoms with van der Waals surface area (Å²) in [4.78, 5) is 0. The van der Waals surface area contributed by atoms with E-state index in [9.17, 15) is 8.42 Å². The average molecular weight is 328 g/mol. The zero-order valence-electron chi connectivity index (χ0n) is 8.63. The standard InChI is InChI=1S/C9H12BrClN2O2S/c1-2-5-12-16(14,15)13-9-4-3-7(11)6-8(9)10/h3-4,6,12-13H,2,5H2,1H3. The maximum absolute atomic E-state index is 11.5. The quantitative estimate of drug-likeness (QED) is 0.873. The molecule has 2 N–H and O–H groups in total.